The average Bonchev–Trinajstić information content (AvgIpc) is 2.73. The van der Waals surface area contributed by atoms with Crippen molar-refractivity contribution in [1.29, 1.82) is 0 Å². The van der Waals surface area contributed by atoms with E-state index in [9.17, 15) is 0 Å². The molecule has 3 unspecified atom stereocenters. The molecule has 2 nitrogen and oxygen atoms in total. The smallest absolute Gasteiger partial charge is 0.0731 e. The number of hydrogen-bond donors (Lipinski definition) is 1. The van der Waals surface area contributed by atoms with Crippen LogP contribution < -0.4 is 5.32 Å². The van der Waals surface area contributed by atoms with Crippen LogP contribution >= 0.6 is 0 Å². The molecular formula is C15H31NO. The molecule has 102 valence electrons. The monoisotopic (exact) mass is 241 g/mol. The summed E-state index contributed by atoms with van der Waals surface area (Å²) in [5.74, 6) is 0. The van der Waals surface area contributed by atoms with Crippen LogP contribution in [0.25, 0.3) is 0 Å². The van der Waals surface area contributed by atoms with Crippen LogP contribution in [0.15, 0.2) is 0 Å². The molecule has 0 aromatic heterocycles. The molecule has 17 heavy (non-hydrogen) atoms. The first kappa shape index (κ1) is 15.0. The minimum Gasteiger partial charge on any atom is -0.374 e. The van der Waals surface area contributed by atoms with Gasteiger partial charge < -0.3 is 10.1 Å². The highest BCUT2D eigenvalue weighted by Gasteiger charge is 2.28. The number of unbranched alkanes of at least 4 members (excludes halogenated alkanes) is 3. The quantitative estimate of drug-likeness (QED) is 0.618. The number of nitrogens with one attached hydrogen (secondary N) is 1. The summed E-state index contributed by atoms with van der Waals surface area (Å²) in [7, 11) is 0. The second-order valence-electron chi connectivity index (χ2n) is 5.43. The molecular weight excluding hydrogens is 210 g/mol. The highest BCUT2D eigenvalue weighted by Crippen LogP contribution is 2.24. The molecule has 0 spiro atoms. The van der Waals surface area contributed by atoms with Gasteiger partial charge in [-0.15, -0.1) is 0 Å². The topological polar surface area (TPSA) is 21.3 Å². The van der Waals surface area contributed by atoms with Crippen molar-refractivity contribution in [2.75, 3.05) is 6.54 Å². The maximum absolute atomic E-state index is 6.19. The molecule has 1 saturated carbocycles. The fourth-order valence-electron chi connectivity index (χ4n) is 2.81. The summed E-state index contributed by atoms with van der Waals surface area (Å²) in [5, 5.41) is 3.55. The van der Waals surface area contributed by atoms with E-state index < -0.39 is 0 Å². The van der Waals surface area contributed by atoms with E-state index in [1.54, 1.807) is 0 Å². The lowest BCUT2D eigenvalue weighted by atomic mass is 10.1. The van der Waals surface area contributed by atoms with Crippen molar-refractivity contribution in [2.24, 2.45) is 0 Å². The van der Waals surface area contributed by atoms with Crippen LogP contribution in [0.2, 0.25) is 0 Å². The van der Waals surface area contributed by atoms with Gasteiger partial charge in [0.05, 0.1) is 12.2 Å². The molecule has 0 heterocycles. The van der Waals surface area contributed by atoms with Gasteiger partial charge in [0.25, 0.3) is 0 Å². The SMILES string of the molecule is CCCCCCC(C)OC1CCCC1NCC. The summed E-state index contributed by atoms with van der Waals surface area (Å²) in [4.78, 5) is 0. The first-order chi connectivity index (χ1) is 8.27. The Kier molecular flexibility index (Phi) is 7.87. The molecule has 1 N–H and O–H groups in total. The average molecular weight is 241 g/mol. The van der Waals surface area contributed by atoms with Crippen LogP contribution in [0.3, 0.4) is 0 Å². The van der Waals surface area contributed by atoms with Gasteiger partial charge in [-0.3, -0.25) is 0 Å². The molecule has 0 amide bonds. The van der Waals surface area contributed by atoms with Gasteiger partial charge in [0, 0.05) is 6.04 Å². The predicted molar refractivity (Wildman–Crippen MR) is 74.4 cm³/mol. The van der Waals surface area contributed by atoms with E-state index in [0.29, 0.717) is 18.2 Å². The Morgan fingerprint density at radius 1 is 1.18 bits per heavy atom. The first-order valence-corrected chi connectivity index (χ1v) is 7.66. The third kappa shape index (κ3) is 5.87. The largest absolute Gasteiger partial charge is 0.374 e. The van der Waals surface area contributed by atoms with Gasteiger partial charge in [0.2, 0.25) is 0 Å². The van der Waals surface area contributed by atoms with Crippen molar-refractivity contribution in [3.8, 4) is 0 Å². The minimum absolute atomic E-state index is 0.441. The van der Waals surface area contributed by atoms with Crippen LogP contribution in [0.4, 0.5) is 0 Å². The first-order valence-electron chi connectivity index (χ1n) is 7.66. The second kappa shape index (κ2) is 8.93. The van der Waals surface area contributed by atoms with Gasteiger partial charge >= 0.3 is 0 Å². The van der Waals surface area contributed by atoms with Crippen molar-refractivity contribution in [2.45, 2.75) is 90.4 Å². The molecule has 0 bridgehead atoms. The van der Waals surface area contributed by atoms with E-state index in [2.05, 4.69) is 26.1 Å². The molecule has 1 rings (SSSR count). The lowest BCUT2D eigenvalue weighted by Crippen LogP contribution is -2.38. The van der Waals surface area contributed by atoms with E-state index in [4.69, 9.17) is 4.74 Å². The maximum Gasteiger partial charge on any atom is 0.0731 e. The van der Waals surface area contributed by atoms with Crippen LogP contribution in [0.5, 0.6) is 0 Å². The summed E-state index contributed by atoms with van der Waals surface area (Å²) < 4.78 is 6.19. The Morgan fingerprint density at radius 2 is 2.00 bits per heavy atom. The molecule has 1 fully saturated rings. The lowest BCUT2D eigenvalue weighted by Gasteiger charge is -2.24. The molecule has 3 atom stereocenters. The Morgan fingerprint density at radius 3 is 2.71 bits per heavy atom. The van der Waals surface area contributed by atoms with Gasteiger partial charge in [-0.1, -0.05) is 39.5 Å². The van der Waals surface area contributed by atoms with Crippen molar-refractivity contribution >= 4 is 0 Å². The van der Waals surface area contributed by atoms with Gasteiger partial charge in [0.1, 0.15) is 0 Å². The Hall–Kier alpha value is -0.0800. The highest BCUT2D eigenvalue weighted by atomic mass is 16.5. The zero-order chi connectivity index (χ0) is 12.5. The van der Waals surface area contributed by atoms with Gasteiger partial charge in [-0.2, -0.15) is 0 Å². The predicted octanol–water partition coefficient (Wildman–Crippen LogP) is 3.89. The fourth-order valence-corrected chi connectivity index (χ4v) is 2.81. The zero-order valence-corrected chi connectivity index (χ0v) is 12.0. The summed E-state index contributed by atoms with van der Waals surface area (Å²) in [6, 6.07) is 0.609. The van der Waals surface area contributed by atoms with Crippen molar-refractivity contribution in [3.05, 3.63) is 0 Å². The van der Waals surface area contributed by atoms with Crippen molar-refractivity contribution in [3.63, 3.8) is 0 Å². The van der Waals surface area contributed by atoms with E-state index in [-0.39, 0.29) is 0 Å². The maximum atomic E-state index is 6.19. The third-order valence-electron chi connectivity index (χ3n) is 3.79. The summed E-state index contributed by atoms with van der Waals surface area (Å²) >= 11 is 0. The minimum atomic E-state index is 0.441. The number of rotatable bonds is 9. The van der Waals surface area contributed by atoms with E-state index >= 15 is 0 Å². The van der Waals surface area contributed by atoms with Crippen molar-refractivity contribution < 1.29 is 4.74 Å². The van der Waals surface area contributed by atoms with Crippen LogP contribution in [0.1, 0.15) is 72.1 Å². The van der Waals surface area contributed by atoms with Gasteiger partial charge in [-0.25, -0.2) is 0 Å². The second-order valence-corrected chi connectivity index (χ2v) is 5.43. The normalized spacial score (nSPS) is 26.3. The Balaban J connectivity index is 2.13. The Labute approximate surface area is 108 Å². The van der Waals surface area contributed by atoms with Gasteiger partial charge in [-0.05, 0) is 39.2 Å². The van der Waals surface area contributed by atoms with Crippen LogP contribution in [-0.4, -0.2) is 24.8 Å². The lowest BCUT2D eigenvalue weighted by molar-refractivity contribution is -0.0162. The fraction of sp³-hybridized carbons (Fsp3) is 1.00. The van der Waals surface area contributed by atoms with E-state index in [0.717, 1.165) is 6.54 Å². The molecule has 0 aromatic rings. The molecule has 0 aliphatic heterocycles. The summed E-state index contributed by atoms with van der Waals surface area (Å²) in [6.45, 7) is 7.76. The molecule has 2 heteroatoms. The Bertz CT molecular complexity index is 184. The van der Waals surface area contributed by atoms with Crippen molar-refractivity contribution in [1.82, 2.24) is 5.32 Å². The molecule has 0 aromatic carbocycles. The standard InChI is InChI=1S/C15H31NO/c1-4-6-7-8-10-13(3)17-15-12-9-11-14(15)16-5-2/h13-16H,4-12H2,1-3H3. The molecule has 1 aliphatic rings. The number of ether oxygens (including phenoxy) is 1. The van der Waals surface area contributed by atoms with Gasteiger partial charge in [0.15, 0.2) is 0 Å². The zero-order valence-electron chi connectivity index (χ0n) is 12.0. The van der Waals surface area contributed by atoms with E-state index in [1.807, 2.05) is 0 Å². The van der Waals surface area contributed by atoms with Crippen LogP contribution in [0, 0.1) is 0 Å². The van der Waals surface area contributed by atoms with Crippen LogP contribution in [-0.2, 0) is 4.74 Å². The molecule has 0 radical (unpaired) electrons. The highest BCUT2D eigenvalue weighted by molar-refractivity contribution is 4.84. The third-order valence-corrected chi connectivity index (χ3v) is 3.79. The molecule has 1 aliphatic carbocycles. The number of likely N-dealkylation sites (N-methyl/N-ethyl adjacent to an activating group) is 1. The molecule has 0 saturated heterocycles. The summed E-state index contributed by atoms with van der Waals surface area (Å²) in [5.41, 5.74) is 0. The summed E-state index contributed by atoms with van der Waals surface area (Å²) in [6.07, 6.45) is 11.4. The number of hydrogen-bond acceptors (Lipinski definition) is 2. The van der Waals surface area contributed by atoms with E-state index in [1.165, 1.54) is 51.4 Å².